The second-order valence-corrected chi connectivity index (χ2v) is 3.97. The lowest BCUT2D eigenvalue weighted by Gasteiger charge is -2.25. The molecule has 3 heteroatoms. The van der Waals surface area contributed by atoms with Crippen LogP contribution < -0.4 is 0 Å². The molecule has 1 heterocycles. The number of hydrogen-bond donors (Lipinski definition) is 1. The maximum absolute atomic E-state index is 10.3. The van der Waals surface area contributed by atoms with Crippen LogP contribution in [-0.2, 0) is 4.79 Å². The van der Waals surface area contributed by atoms with Gasteiger partial charge in [-0.2, -0.15) is 0 Å². The zero-order chi connectivity index (χ0) is 8.55. The Morgan fingerprint density at radius 3 is 2.83 bits per heavy atom. The Morgan fingerprint density at radius 1 is 1.50 bits per heavy atom. The number of aliphatic carboxylic acids is 1. The molecule has 2 fully saturated rings. The molecule has 0 unspecified atom stereocenters. The molecular weight excluding hydrogens is 154 g/mol. The Bertz CT molecular complexity index is 193. The van der Waals surface area contributed by atoms with Crippen LogP contribution in [0.1, 0.15) is 25.7 Å². The van der Waals surface area contributed by atoms with Gasteiger partial charge in [-0.05, 0) is 25.2 Å². The van der Waals surface area contributed by atoms with Gasteiger partial charge >= 0.3 is 5.97 Å². The highest BCUT2D eigenvalue weighted by molar-refractivity contribution is 5.66. The summed E-state index contributed by atoms with van der Waals surface area (Å²) in [5.41, 5.74) is 0. The van der Waals surface area contributed by atoms with Crippen molar-refractivity contribution in [3.63, 3.8) is 0 Å². The highest BCUT2D eigenvalue weighted by Gasteiger charge is 2.37. The first-order valence-corrected chi connectivity index (χ1v) is 4.71. The molecule has 2 bridgehead atoms. The van der Waals surface area contributed by atoms with Crippen molar-refractivity contribution in [3.8, 4) is 0 Å². The Hall–Kier alpha value is -0.570. The van der Waals surface area contributed by atoms with E-state index in [2.05, 4.69) is 4.90 Å². The number of carboxylic acids is 1. The molecule has 0 aromatic heterocycles. The maximum atomic E-state index is 10.3. The molecule has 12 heavy (non-hydrogen) atoms. The first-order chi connectivity index (χ1) is 5.75. The predicted octanol–water partition coefficient (Wildman–Crippen LogP) is 0.945. The lowest BCUT2D eigenvalue weighted by molar-refractivity contribution is -0.137. The zero-order valence-electron chi connectivity index (χ0n) is 7.20. The summed E-state index contributed by atoms with van der Waals surface area (Å²) in [6.45, 7) is 1.91. The summed E-state index contributed by atoms with van der Waals surface area (Å²) < 4.78 is 0. The number of piperidine rings is 1. The molecule has 68 valence electrons. The van der Waals surface area contributed by atoms with Crippen LogP contribution >= 0.6 is 0 Å². The number of likely N-dealkylation sites (tertiary alicyclic amines) is 1. The third-order valence-corrected chi connectivity index (χ3v) is 3.14. The highest BCUT2D eigenvalue weighted by Crippen LogP contribution is 2.37. The van der Waals surface area contributed by atoms with Gasteiger partial charge in [0, 0.05) is 19.1 Å². The van der Waals surface area contributed by atoms with E-state index in [4.69, 9.17) is 5.11 Å². The minimum atomic E-state index is -0.669. The summed E-state index contributed by atoms with van der Waals surface area (Å²) in [6.07, 6.45) is 4.29. The summed E-state index contributed by atoms with van der Waals surface area (Å²) in [6, 6.07) is 0.717. The number of fused-ring (bicyclic) bond motifs is 2. The Labute approximate surface area is 72.4 Å². The van der Waals surface area contributed by atoms with Gasteiger partial charge in [0.15, 0.2) is 0 Å². The topological polar surface area (TPSA) is 40.5 Å². The van der Waals surface area contributed by atoms with Crippen molar-refractivity contribution in [2.45, 2.75) is 31.7 Å². The van der Waals surface area contributed by atoms with Gasteiger partial charge in [-0.3, -0.25) is 9.69 Å². The molecule has 1 saturated heterocycles. The standard InChI is InChI=1S/C9H15NO2/c11-9(12)3-4-10-6-7-1-2-8(10)5-7/h7-8H,1-6H2,(H,11,12)/t7-,8+/m0/s1. The fraction of sp³-hybridized carbons (Fsp3) is 0.889. The van der Waals surface area contributed by atoms with Crippen LogP contribution in [0.5, 0.6) is 0 Å². The van der Waals surface area contributed by atoms with Crippen molar-refractivity contribution in [1.29, 1.82) is 0 Å². The van der Waals surface area contributed by atoms with Crippen LogP contribution in [-0.4, -0.2) is 35.1 Å². The van der Waals surface area contributed by atoms with E-state index in [1.54, 1.807) is 0 Å². The molecule has 1 N–H and O–H groups in total. The molecule has 0 aromatic rings. The van der Waals surface area contributed by atoms with Crippen molar-refractivity contribution in [1.82, 2.24) is 4.90 Å². The van der Waals surface area contributed by atoms with E-state index < -0.39 is 5.97 Å². The van der Waals surface area contributed by atoms with Crippen molar-refractivity contribution >= 4 is 5.97 Å². The van der Waals surface area contributed by atoms with E-state index in [0.29, 0.717) is 12.5 Å². The number of hydrogen-bond acceptors (Lipinski definition) is 2. The average molecular weight is 169 g/mol. The summed E-state index contributed by atoms with van der Waals surface area (Å²) in [7, 11) is 0. The minimum Gasteiger partial charge on any atom is -0.481 e. The van der Waals surface area contributed by atoms with E-state index in [9.17, 15) is 4.79 Å². The first-order valence-electron chi connectivity index (χ1n) is 4.71. The summed E-state index contributed by atoms with van der Waals surface area (Å²) in [4.78, 5) is 12.7. The van der Waals surface area contributed by atoms with E-state index in [0.717, 1.165) is 19.0 Å². The molecule has 0 radical (unpaired) electrons. The largest absolute Gasteiger partial charge is 0.481 e. The SMILES string of the molecule is O=C(O)CCN1C[C@H]2CC[C@@H]1C2. The van der Waals surface area contributed by atoms with Gasteiger partial charge in [0.25, 0.3) is 0 Å². The van der Waals surface area contributed by atoms with Gasteiger partial charge in [-0.15, -0.1) is 0 Å². The van der Waals surface area contributed by atoms with Crippen LogP contribution in [0.2, 0.25) is 0 Å². The molecule has 1 aliphatic heterocycles. The minimum absolute atomic E-state index is 0.309. The quantitative estimate of drug-likeness (QED) is 0.683. The zero-order valence-corrected chi connectivity index (χ0v) is 7.20. The maximum Gasteiger partial charge on any atom is 0.304 e. The number of carbonyl (C=O) groups is 1. The molecule has 0 spiro atoms. The Kier molecular flexibility index (Phi) is 2.05. The van der Waals surface area contributed by atoms with E-state index in [-0.39, 0.29) is 0 Å². The molecule has 3 nitrogen and oxygen atoms in total. The van der Waals surface area contributed by atoms with Gasteiger partial charge in [0.1, 0.15) is 0 Å². The Balaban J connectivity index is 1.79. The molecule has 1 saturated carbocycles. The normalized spacial score (nSPS) is 34.3. The third kappa shape index (κ3) is 1.46. The highest BCUT2D eigenvalue weighted by atomic mass is 16.4. The Morgan fingerprint density at radius 2 is 2.33 bits per heavy atom. The molecule has 2 atom stereocenters. The van der Waals surface area contributed by atoms with Crippen LogP contribution in [0.25, 0.3) is 0 Å². The lowest BCUT2D eigenvalue weighted by Crippen LogP contribution is -2.33. The van der Waals surface area contributed by atoms with Crippen LogP contribution in [0.4, 0.5) is 0 Å². The molecule has 1 aliphatic carbocycles. The van der Waals surface area contributed by atoms with Gasteiger partial charge in [-0.1, -0.05) is 0 Å². The summed E-state index contributed by atoms with van der Waals surface area (Å²) in [5.74, 6) is 0.210. The molecule has 2 rings (SSSR count). The molecule has 2 aliphatic rings. The second-order valence-electron chi connectivity index (χ2n) is 3.97. The fourth-order valence-electron chi connectivity index (χ4n) is 2.54. The van der Waals surface area contributed by atoms with E-state index >= 15 is 0 Å². The van der Waals surface area contributed by atoms with Crippen LogP contribution in [0.15, 0.2) is 0 Å². The number of nitrogens with zero attached hydrogens (tertiary/aromatic N) is 1. The van der Waals surface area contributed by atoms with E-state index in [1.165, 1.54) is 19.3 Å². The summed E-state index contributed by atoms with van der Waals surface area (Å²) in [5, 5.41) is 8.52. The molecular formula is C9H15NO2. The van der Waals surface area contributed by atoms with Crippen molar-refractivity contribution in [3.05, 3.63) is 0 Å². The van der Waals surface area contributed by atoms with Gasteiger partial charge in [0.2, 0.25) is 0 Å². The van der Waals surface area contributed by atoms with Crippen molar-refractivity contribution in [2.75, 3.05) is 13.1 Å². The second kappa shape index (κ2) is 3.05. The first kappa shape index (κ1) is 8.05. The number of carboxylic acid groups (broad SMARTS) is 1. The predicted molar refractivity (Wildman–Crippen MR) is 45.0 cm³/mol. The average Bonchev–Trinajstić information content (AvgIpc) is 2.60. The van der Waals surface area contributed by atoms with Gasteiger partial charge in [-0.25, -0.2) is 0 Å². The van der Waals surface area contributed by atoms with Crippen molar-refractivity contribution in [2.24, 2.45) is 5.92 Å². The third-order valence-electron chi connectivity index (χ3n) is 3.14. The smallest absolute Gasteiger partial charge is 0.304 e. The van der Waals surface area contributed by atoms with E-state index in [1.807, 2.05) is 0 Å². The van der Waals surface area contributed by atoms with Gasteiger partial charge < -0.3 is 5.11 Å². The summed E-state index contributed by atoms with van der Waals surface area (Å²) >= 11 is 0. The fourth-order valence-corrected chi connectivity index (χ4v) is 2.54. The van der Waals surface area contributed by atoms with Crippen molar-refractivity contribution < 1.29 is 9.90 Å². The monoisotopic (exact) mass is 169 g/mol. The molecule has 0 amide bonds. The van der Waals surface area contributed by atoms with Crippen LogP contribution in [0, 0.1) is 5.92 Å². The van der Waals surface area contributed by atoms with Gasteiger partial charge in [0.05, 0.1) is 6.42 Å². The molecule has 0 aromatic carbocycles. The number of rotatable bonds is 3. The lowest BCUT2D eigenvalue weighted by atomic mass is 10.1. The van der Waals surface area contributed by atoms with Crippen LogP contribution in [0.3, 0.4) is 0 Å².